The number of piperazine rings is 1. The summed E-state index contributed by atoms with van der Waals surface area (Å²) < 4.78 is 0. The van der Waals surface area contributed by atoms with Crippen LogP contribution in [0.4, 0.5) is 10.5 Å². The third kappa shape index (κ3) is 5.21. The van der Waals surface area contributed by atoms with Gasteiger partial charge in [0.2, 0.25) is 0 Å². The molecule has 7 nitrogen and oxygen atoms in total. The van der Waals surface area contributed by atoms with Crippen LogP contribution in [-0.4, -0.2) is 54.3 Å². The number of para-hydroxylation sites is 1. The summed E-state index contributed by atoms with van der Waals surface area (Å²) in [5.74, 6) is -1.07. The number of aliphatic carboxylic acids is 1. The van der Waals surface area contributed by atoms with Gasteiger partial charge in [0.15, 0.2) is 0 Å². The highest BCUT2D eigenvalue weighted by atomic mass is 16.7. The Balaban J connectivity index is 1.48. The molecular formula is C20H23N3O4. The van der Waals surface area contributed by atoms with E-state index < -0.39 is 18.1 Å². The maximum atomic E-state index is 12.3. The topological polar surface area (TPSA) is 82.1 Å². The van der Waals surface area contributed by atoms with Crippen LogP contribution < -0.4 is 10.4 Å². The molecule has 2 aromatic carbocycles. The number of amides is 1. The Labute approximate surface area is 158 Å². The van der Waals surface area contributed by atoms with Crippen LogP contribution in [0, 0.1) is 0 Å². The first-order valence-corrected chi connectivity index (χ1v) is 8.91. The number of hydroxylamine groups is 1. The van der Waals surface area contributed by atoms with Crippen LogP contribution in [0.3, 0.4) is 0 Å². The number of benzene rings is 2. The van der Waals surface area contributed by atoms with E-state index in [1.165, 1.54) is 0 Å². The Morgan fingerprint density at radius 2 is 1.56 bits per heavy atom. The van der Waals surface area contributed by atoms with Crippen molar-refractivity contribution in [3.8, 4) is 0 Å². The van der Waals surface area contributed by atoms with E-state index in [2.05, 4.69) is 10.4 Å². The molecule has 1 amide bonds. The number of rotatable bonds is 6. The predicted octanol–water partition coefficient (Wildman–Crippen LogP) is 2.15. The molecule has 1 atom stereocenters. The van der Waals surface area contributed by atoms with Crippen LogP contribution in [0.1, 0.15) is 5.56 Å². The molecule has 0 aromatic heterocycles. The highest BCUT2D eigenvalue weighted by molar-refractivity contribution is 5.74. The van der Waals surface area contributed by atoms with Gasteiger partial charge in [-0.05, 0) is 17.7 Å². The Morgan fingerprint density at radius 3 is 2.15 bits per heavy atom. The average molecular weight is 369 g/mol. The van der Waals surface area contributed by atoms with Crippen LogP contribution in [0.5, 0.6) is 0 Å². The lowest BCUT2D eigenvalue weighted by molar-refractivity contribution is -0.142. The summed E-state index contributed by atoms with van der Waals surface area (Å²) in [6.45, 7) is 2.44. The zero-order valence-electron chi connectivity index (χ0n) is 15.0. The molecule has 0 spiro atoms. The monoisotopic (exact) mass is 369 g/mol. The van der Waals surface area contributed by atoms with Crippen molar-refractivity contribution in [3.63, 3.8) is 0 Å². The fraction of sp³-hybridized carbons (Fsp3) is 0.300. The molecule has 0 aliphatic carbocycles. The Bertz CT molecular complexity index is 746. The molecule has 2 N–H and O–H groups in total. The van der Waals surface area contributed by atoms with Crippen molar-refractivity contribution in [2.24, 2.45) is 0 Å². The first-order chi connectivity index (χ1) is 13.1. The van der Waals surface area contributed by atoms with Crippen molar-refractivity contribution >= 4 is 17.7 Å². The van der Waals surface area contributed by atoms with Crippen molar-refractivity contribution in [1.29, 1.82) is 0 Å². The summed E-state index contributed by atoms with van der Waals surface area (Å²) in [5, 5.41) is 9.34. The van der Waals surface area contributed by atoms with E-state index in [1.54, 1.807) is 4.90 Å². The molecule has 1 saturated heterocycles. The van der Waals surface area contributed by atoms with Crippen molar-refractivity contribution in [3.05, 3.63) is 66.2 Å². The summed E-state index contributed by atoms with van der Waals surface area (Å²) >= 11 is 0. The first kappa shape index (κ1) is 18.7. The highest BCUT2D eigenvalue weighted by Gasteiger charge is 2.25. The Hall–Kier alpha value is -3.06. The van der Waals surface area contributed by atoms with Crippen molar-refractivity contribution < 1.29 is 19.5 Å². The summed E-state index contributed by atoms with van der Waals surface area (Å²) in [5.41, 5.74) is 4.38. The minimum atomic E-state index is -1.07. The number of carbonyl (C=O) groups is 2. The van der Waals surface area contributed by atoms with E-state index in [-0.39, 0.29) is 6.42 Å². The van der Waals surface area contributed by atoms with Crippen LogP contribution in [0.15, 0.2) is 60.7 Å². The van der Waals surface area contributed by atoms with Gasteiger partial charge >= 0.3 is 12.1 Å². The van der Waals surface area contributed by atoms with Gasteiger partial charge in [-0.1, -0.05) is 48.5 Å². The summed E-state index contributed by atoms with van der Waals surface area (Å²) in [6.07, 6.45) is -0.326. The van der Waals surface area contributed by atoms with Gasteiger partial charge in [-0.3, -0.25) is 4.79 Å². The van der Waals surface area contributed by atoms with E-state index in [1.807, 2.05) is 60.7 Å². The number of hydrogen-bond acceptors (Lipinski definition) is 5. The molecule has 0 radical (unpaired) electrons. The second kappa shape index (κ2) is 9.05. The normalized spacial score (nSPS) is 15.3. The number of nitrogens with zero attached hydrogens (tertiary/aromatic N) is 2. The fourth-order valence-electron chi connectivity index (χ4n) is 3.00. The van der Waals surface area contributed by atoms with Gasteiger partial charge in [0, 0.05) is 38.3 Å². The summed E-state index contributed by atoms with van der Waals surface area (Å²) in [4.78, 5) is 32.5. The van der Waals surface area contributed by atoms with Gasteiger partial charge < -0.3 is 19.7 Å². The van der Waals surface area contributed by atoms with E-state index in [9.17, 15) is 14.7 Å². The molecule has 1 unspecified atom stereocenters. The number of carboxylic acid groups (broad SMARTS) is 1. The Kier molecular flexibility index (Phi) is 6.27. The zero-order chi connectivity index (χ0) is 19.1. The lowest BCUT2D eigenvalue weighted by Gasteiger charge is -2.35. The minimum absolute atomic E-state index is 0.227. The molecule has 3 rings (SSSR count). The molecule has 27 heavy (non-hydrogen) atoms. The second-order valence-corrected chi connectivity index (χ2v) is 6.38. The molecule has 0 saturated carbocycles. The van der Waals surface area contributed by atoms with Crippen molar-refractivity contribution in [1.82, 2.24) is 10.4 Å². The van der Waals surface area contributed by atoms with Gasteiger partial charge in [0.05, 0.1) is 0 Å². The molecule has 0 bridgehead atoms. The number of nitrogens with one attached hydrogen (secondary N) is 1. The molecule has 7 heteroatoms. The standard InChI is InChI=1S/C20H23N3O4/c24-19(25)18(15-16-7-3-1-4-8-16)21-27-20(26)23-13-11-22(12-14-23)17-9-5-2-6-10-17/h1-10,18,21H,11-15H2,(H,24,25). The number of anilines is 1. The molecule has 1 aliphatic rings. The van der Waals surface area contributed by atoms with E-state index in [0.29, 0.717) is 26.2 Å². The van der Waals surface area contributed by atoms with Gasteiger partial charge in [-0.15, -0.1) is 5.48 Å². The van der Waals surface area contributed by atoms with Gasteiger partial charge in [-0.2, -0.15) is 0 Å². The fourth-order valence-corrected chi connectivity index (χ4v) is 3.00. The molecule has 142 valence electrons. The third-order valence-corrected chi connectivity index (χ3v) is 4.53. The maximum absolute atomic E-state index is 12.3. The maximum Gasteiger partial charge on any atom is 0.428 e. The van der Waals surface area contributed by atoms with Crippen molar-refractivity contribution in [2.45, 2.75) is 12.5 Å². The van der Waals surface area contributed by atoms with Crippen LogP contribution in [-0.2, 0) is 16.1 Å². The highest BCUT2D eigenvalue weighted by Crippen LogP contribution is 2.15. The second-order valence-electron chi connectivity index (χ2n) is 6.38. The molecule has 1 aliphatic heterocycles. The van der Waals surface area contributed by atoms with Gasteiger partial charge in [0.1, 0.15) is 6.04 Å². The SMILES string of the molecule is O=C(O)C(Cc1ccccc1)NOC(=O)N1CCN(c2ccccc2)CC1. The number of carboxylic acids is 1. The molecule has 1 heterocycles. The molecule has 1 fully saturated rings. The zero-order valence-corrected chi connectivity index (χ0v) is 15.0. The molecular weight excluding hydrogens is 346 g/mol. The largest absolute Gasteiger partial charge is 0.480 e. The van der Waals surface area contributed by atoms with E-state index >= 15 is 0 Å². The van der Waals surface area contributed by atoms with Gasteiger partial charge in [-0.25, -0.2) is 4.79 Å². The lowest BCUT2D eigenvalue weighted by Crippen LogP contribution is -2.51. The number of carbonyl (C=O) groups excluding carboxylic acids is 1. The summed E-state index contributed by atoms with van der Waals surface area (Å²) in [6, 6.07) is 18.2. The van der Waals surface area contributed by atoms with Gasteiger partial charge in [0.25, 0.3) is 0 Å². The van der Waals surface area contributed by atoms with E-state index in [4.69, 9.17) is 4.84 Å². The van der Waals surface area contributed by atoms with E-state index in [0.717, 1.165) is 11.3 Å². The smallest absolute Gasteiger partial charge is 0.428 e. The first-order valence-electron chi connectivity index (χ1n) is 8.91. The van der Waals surface area contributed by atoms with Crippen LogP contribution in [0.25, 0.3) is 0 Å². The molecule has 2 aromatic rings. The Morgan fingerprint density at radius 1 is 0.963 bits per heavy atom. The summed E-state index contributed by atoms with van der Waals surface area (Å²) in [7, 11) is 0. The van der Waals surface area contributed by atoms with Crippen LogP contribution >= 0.6 is 0 Å². The number of hydrogen-bond donors (Lipinski definition) is 2. The minimum Gasteiger partial charge on any atom is -0.480 e. The quantitative estimate of drug-likeness (QED) is 0.760. The third-order valence-electron chi connectivity index (χ3n) is 4.53. The lowest BCUT2D eigenvalue weighted by atomic mass is 10.1. The average Bonchev–Trinajstić information content (AvgIpc) is 2.72. The van der Waals surface area contributed by atoms with Crippen LogP contribution in [0.2, 0.25) is 0 Å². The predicted molar refractivity (Wildman–Crippen MR) is 101 cm³/mol. The van der Waals surface area contributed by atoms with Crippen molar-refractivity contribution in [2.75, 3.05) is 31.1 Å².